The van der Waals surface area contributed by atoms with E-state index in [1.807, 2.05) is 37.8 Å². The molecule has 1 aromatic heterocycles. The largest absolute Gasteiger partial charge is 0.468 e. The Morgan fingerprint density at radius 1 is 1.52 bits per heavy atom. The highest BCUT2D eigenvalue weighted by molar-refractivity contribution is 5.68. The molecule has 1 aromatic rings. The minimum absolute atomic E-state index is 0.184. The lowest BCUT2D eigenvalue weighted by Gasteiger charge is -2.28. The molecule has 1 amide bonds. The number of carbonyl (C=O) groups excluding carboxylic acids is 1. The minimum atomic E-state index is -0.429. The normalized spacial score (nSPS) is 19.0. The highest BCUT2D eigenvalue weighted by Crippen LogP contribution is 2.22. The van der Waals surface area contributed by atoms with Crippen LogP contribution < -0.4 is 5.32 Å². The van der Waals surface area contributed by atoms with Crippen molar-refractivity contribution in [1.82, 2.24) is 10.2 Å². The van der Waals surface area contributed by atoms with Crippen LogP contribution in [-0.2, 0) is 11.3 Å². The van der Waals surface area contributed by atoms with Crippen LogP contribution in [0.25, 0.3) is 0 Å². The molecule has 0 aliphatic carbocycles. The van der Waals surface area contributed by atoms with Gasteiger partial charge in [0.05, 0.1) is 12.8 Å². The third kappa shape index (κ3) is 5.08. The summed E-state index contributed by atoms with van der Waals surface area (Å²) < 4.78 is 10.7. The van der Waals surface area contributed by atoms with Crippen LogP contribution >= 0.6 is 0 Å². The quantitative estimate of drug-likeness (QED) is 0.848. The molecule has 118 valence electrons. The topological polar surface area (TPSA) is 54.7 Å². The van der Waals surface area contributed by atoms with E-state index in [1.54, 1.807) is 6.26 Å². The van der Waals surface area contributed by atoms with E-state index in [4.69, 9.17) is 9.15 Å². The summed E-state index contributed by atoms with van der Waals surface area (Å²) in [6, 6.07) is 4.12. The van der Waals surface area contributed by atoms with Crippen LogP contribution in [0.1, 0.15) is 45.8 Å². The Bertz CT molecular complexity index is 437. The van der Waals surface area contributed by atoms with Gasteiger partial charge in [-0.05, 0) is 58.7 Å². The van der Waals surface area contributed by atoms with Crippen molar-refractivity contribution in [3.63, 3.8) is 0 Å². The summed E-state index contributed by atoms with van der Waals surface area (Å²) in [7, 11) is 0. The number of nitrogens with zero attached hydrogens (tertiary/aromatic N) is 1. The van der Waals surface area contributed by atoms with Gasteiger partial charge in [-0.15, -0.1) is 0 Å². The second-order valence-electron chi connectivity index (χ2n) is 6.51. The van der Waals surface area contributed by atoms with Crippen molar-refractivity contribution in [3.05, 3.63) is 24.2 Å². The Labute approximate surface area is 126 Å². The van der Waals surface area contributed by atoms with Crippen LogP contribution in [0.4, 0.5) is 4.79 Å². The number of furan rings is 1. The Balaban J connectivity index is 1.72. The number of ether oxygens (including phenoxy) is 1. The molecule has 0 aromatic carbocycles. The molecule has 1 unspecified atom stereocenters. The lowest BCUT2D eigenvalue weighted by Crippen LogP contribution is -2.40. The maximum absolute atomic E-state index is 12.2. The minimum Gasteiger partial charge on any atom is -0.468 e. The van der Waals surface area contributed by atoms with E-state index in [0.717, 1.165) is 44.7 Å². The molecule has 5 heteroatoms. The smallest absolute Gasteiger partial charge is 0.410 e. The molecule has 2 rings (SSSR count). The Morgan fingerprint density at radius 3 is 3.00 bits per heavy atom. The molecule has 0 spiro atoms. The molecule has 0 bridgehead atoms. The highest BCUT2D eigenvalue weighted by Gasteiger charge is 2.31. The van der Waals surface area contributed by atoms with E-state index >= 15 is 0 Å². The molecule has 1 aliphatic heterocycles. The summed E-state index contributed by atoms with van der Waals surface area (Å²) in [6.45, 7) is 8.11. The van der Waals surface area contributed by atoms with Crippen molar-refractivity contribution in [2.24, 2.45) is 0 Å². The van der Waals surface area contributed by atoms with E-state index in [2.05, 4.69) is 5.32 Å². The fraction of sp³-hybridized carbons (Fsp3) is 0.688. The molecule has 1 saturated heterocycles. The van der Waals surface area contributed by atoms with Crippen LogP contribution in [0, 0.1) is 0 Å². The van der Waals surface area contributed by atoms with Gasteiger partial charge < -0.3 is 19.4 Å². The summed E-state index contributed by atoms with van der Waals surface area (Å²) >= 11 is 0. The van der Waals surface area contributed by atoms with E-state index in [9.17, 15) is 4.79 Å². The zero-order valence-corrected chi connectivity index (χ0v) is 13.2. The van der Waals surface area contributed by atoms with Crippen LogP contribution in [0.5, 0.6) is 0 Å². The average Bonchev–Trinajstić information content (AvgIpc) is 3.04. The summed E-state index contributed by atoms with van der Waals surface area (Å²) in [5.41, 5.74) is -0.429. The molecular weight excluding hydrogens is 268 g/mol. The molecule has 0 radical (unpaired) electrons. The van der Waals surface area contributed by atoms with Gasteiger partial charge in [-0.1, -0.05) is 0 Å². The Hall–Kier alpha value is -1.49. The van der Waals surface area contributed by atoms with E-state index in [1.165, 1.54) is 0 Å². The van der Waals surface area contributed by atoms with Gasteiger partial charge in [0.25, 0.3) is 0 Å². The van der Waals surface area contributed by atoms with Gasteiger partial charge in [-0.3, -0.25) is 0 Å². The van der Waals surface area contributed by atoms with Gasteiger partial charge in [0, 0.05) is 12.6 Å². The number of hydrogen-bond donors (Lipinski definition) is 1. The predicted octanol–water partition coefficient (Wildman–Crippen LogP) is 3.16. The lowest BCUT2D eigenvalue weighted by atomic mass is 10.1. The predicted molar refractivity (Wildman–Crippen MR) is 81.0 cm³/mol. The van der Waals surface area contributed by atoms with Gasteiger partial charge in [0.2, 0.25) is 0 Å². The summed E-state index contributed by atoms with van der Waals surface area (Å²) in [5.74, 6) is 0.936. The molecule has 1 fully saturated rings. The van der Waals surface area contributed by atoms with Gasteiger partial charge in [-0.2, -0.15) is 0 Å². The number of rotatable bonds is 5. The summed E-state index contributed by atoms with van der Waals surface area (Å²) in [6.07, 6.45) is 4.55. The van der Waals surface area contributed by atoms with Crippen LogP contribution in [0.3, 0.4) is 0 Å². The first-order valence-electron chi connectivity index (χ1n) is 7.68. The third-order valence-electron chi connectivity index (χ3n) is 3.54. The molecule has 1 N–H and O–H groups in total. The first kappa shape index (κ1) is 15.9. The number of carbonyl (C=O) groups is 1. The average molecular weight is 294 g/mol. The van der Waals surface area contributed by atoms with E-state index < -0.39 is 5.60 Å². The maximum Gasteiger partial charge on any atom is 0.410 e. The van der Waals surface area contributed by atoms with E-state index in [0.29, 0.717) is 0 Å². The fourth-order valence-corrected chi connectivity index (χ4v) is 2.59. The molecule has 1 atom stereocenters. The molecule has 5 nitrogen and oxygen atoms in total. The van der Waals surface area contributed by atoms with Crippen LogP contribution in [-0.4, -0.2) is 35.7 Å². The summed E-state index contributed by atoms with van der Waals surface area (Å²) in [5, 5.41) is 3.35. The molecule has 21 heavy (non-hydrogen) atoms. The Kier molecular flexibility index (Phi) is 5.28. The third-order valence-corrected chi connectivity index (χ3v) is 3.54. The van der Waals surface area contributed by atoms with Crippen molar-refractivity contribution in [1.29, 1.82) is 0 Å². The Morgan fingerprint density at radius 2 is 2.33 bits per heavy atom. The van der Waals surface area contributed by atoms with Crippen LogP contribution in [0.15, 0.2) is 22.8 Å². The maximum atomic E-state index is 12.2. The highest BCUT2D eigenvalue weighted by atomic mass is 16.6. The first-order chi connectivity index (χ1) is 9.96. The fourth-order valence-electron chi connectivity index (χ4n) is 2.59. The molecule has 0 saturated carbocycles. The SMILES string of the molecule is CC(C)(C)OC(=O)N1CCCC1CCNCc1ccco1. The monoisotopic (exact) mass is 294 g/mol. The van der Waals surface area contributed by atoms with Gasteiger partial charge >= 0.3 is 6.09 Å². The zero-order chi connectivity index (χ0) is 15.3. The number of nitrogens with one attached hydrogen (secondary N) is 1. The first-order valence-corrected chi connectivity index (χ1v) is 7.68. The van der Waals surface area contributed by atoms with Gasteiger partial charge in [0.15, 0.2) is 0 Å². The summed E-state index contributed by atoms with van der Waals surface area (Å²) in [4.78, 5) is 14.0. The second kappa shape index (κ2) is 6.98. The molecule has 1 aliphatic rings. The van der Waals surface area contributed by atoms with Crippen molar-refractivity contribution in [2.45, 2.75) is 58.2 Å². The van der Waals surface area contributed by atoms with Gasteiger partial charge in [-0.25, -0.2) is 4.79 Å². The zero-order valence-electron chi connectivity index (χ0n) is 13.2. The molecule has 2 heterocycles. The lowest BCUT2D eigenvalue weighted by molar-refractivity contribution is 0.0220. The van der Waals surface area contributed by atoms with Crippen molar-refractivity contribution >= 4 is 6.09 Å². The number of hydrogen-bond acceptors (Lipinski definition) is 4. The van der Waals surface area contributed by atoms with E-state index in [-0.39, 0.29) is 12.1 Å². The van der Waals surface area contributed by atoms with Crippen molar-refractivity contribution in [2.75, 3.05) is 13.1 Å². The number of likely N-dealkylation sites (tertiary alicyclic amines) is 1. The van der Waals surface area contributed by atoms with Crippen molar-refractivity contribution in [3.8, 4) is 0 Å². The van der Waals surface area contributed by atoms with Crippen molar-refractivity contribution < 1.29 is 13.9 Å². The van der Waals surface area contributed by atoms with Gasteiger partial charge in [0.1, 0.15) is 11.4 Å². The number of amides is 1. The molecular formula is C16H26N2O3. The second-order valence-corrected chi connectivity index (χ2v) is 6.51. The standard InChI is InChI=1S/C16H26N2O3/c1-16(2,3)21-15(19)18-10-4-6-13(18)8-9-17-12-14-7-5-11-20-14/h5,7,11,13,17H,4,6,8-10,12H2,1-3H3. The van der Waals surface area contributed by atoms with Crippen LogP contribution in [0.2, 0.25) is 0 Å².